The fraction of sp³-hybridized carbons (Fsp3) is 0.114. The minimum Gasteiger partial charge on any atom is -0.436 e. The van der Waals surface area contributed by atoms with Crippen LogP contribution in [0.2, 0.25) is 0 Å². The number of ether oxygens (including phenoxy) is 1. The van der Waals surface area contributed by atoms with E-state index in [2.05, 4.69) is 121 Å². The lowest BCUT2D eigenvalue weighted by Gasteiger charge is -2.39. The fourth-order valence-electron chi connectivity index (χ4n) is 7.69. The summed E-state index contributed by atoms with van der Waals surface area (Å²) in [4.78, 5) is 14.6. The van der Waals surface area contributed by atoms with Gasteiger partial charge in [-0.05, 0) is 29.9 Å². The SMILES string of the molecule is O=C1OC2(c3ccccc3)NC1(c1ccccc1)C1(c3ccccc3)P(c3ccccc3)C21c1ccccc1. The van der Waals surface area contributed by atoms with E-state index in [9.17, 15) is 4.79 Å². The van der Waals surface area contributed by atoms with E-state index in [1.165, 1.54) is 10.9 Å². The Morgan fingerprint density at radius 2 is 0.897 bits per heavy atom. The van der Waals surface area contributed by atoms with E-state index in [4.69, 9.17) is 4.74 Å². The summed E-state index contributed by atoms with van der Waals surface area (Å²) in [6.07, 6.45) is 0. The van der Waals surface area contributed by atoms with E-state index < -0.39 is 29.5 Å². The summed E-state index contributed by atoms with van der Waals surface area (Å²) < 4.78 is 6.77. The molecule has 5 aromatic carbocycles. The van der Waals surface area contributed by atoms with Crippen molar-refractivity contribution < 1.29 is 9.53 Å². The number of benzene rings is 5. The topological polar surface area (TPSA) is 38.3 Å². The fourth-order valence-corrected chi connectivity index (χ4v) is 12.4. The molecule has 0 aromatic heterocycles. The van der Waals surface area contributed by atoms with E-state index in [-0.39, 0.29) is 5.97 Å². The van der Waals surface area contributed by atoms with Crippen molar-refractivity contribution in [2.45, 2.75) is 21.6 Å². The standard InChI is InChI=1S/C35H26NO2P/c37-31-32(26-16-6-1-7-17-26)33(27-18-8-2-9-19-27)34(28-20-10-3-11-21-28,39(33)30-24-14-5-15-25-30)35(36-32,38-31)29-22-12-4-13-23-29/h1-25,36H. The minimum absolute atomic E-state index is 0.214. The van der Waals surface area contributed by atoms with Gasteiger partial charge in [-0.1, -0.05) is 152 Å². The van der Waals surface area contributed by atoms with Crippen LogP contribution < -0.4 is 10.6 Å². The summed E-state index contributed by atoms with van der Waals surface area (Å²) in [6, 6.07) is 52.7. The molecule has 0 radical (unpaired) electrons. The van der Waals surface area contributed by atoms with Crippen LogP contribution in [0.3, 0.4) is 0 Å². The van der Waals surface area contributed by atoms with E-state index in [1.807, 2.05) is 36.4 Å². The number of carbonyl (C=O) groups excluding carboxylic acids is 1. The maximum atomic E-state index is 14.6. The highest BCUT2D eigenvalue weighted by molar-refractivity contribution is 7.76. The summed E-state index contributed by atoms with van der Waals surface area (Å²) in [5, 5.41) is 4.08. The molecule has 3 aliphatic rings. The molecule has 4 heteroatoms. The molecule has 5 aromatic rings. The van der Waals surface area contributed by atoms with Crippen molar-refractivity contribution in [1.82, 2.24) is 5.32 Å². The van der Waals surface area contributed by atoms with Gasteiger partial charge >= 0.3 is 5.97 Å². The Morgan fingerprint density at radius 3 is 1.41 bits per heavy atom. The Kier molecular flexibility index (Phi) is 4.69. The molecular weight excluding hydrogens is 497 g/mol. The van der Waals surface area contributed by atoms with Crippen LogP contribution in [0, 0.1) is 0 Å². The van der Waals surface area contributed by atoms with Crippen LogP contribution in [0.5, 0.6) is 0 Å². The maximum absolute atomic E-state index is 14.6. The highest BCUT2D eigenvalue weighted by Gasteiger charge is 3.02. The van der Waals surface area contributed by atoms with Gasteiger partial charge in [0, 0.05) is 5.56 Å². The smallest absolute Gasteiger partial charge is 0.334 e. The number of hydrogen-bond acceptors (Lipinski definition) is 3. The second-order valence-electron chi connectivity index (χ2n) is 10.5. The quantitative estimate of drug-likeness (QED) is 0.211. The lowest BCUT2D eigenvalue weighted by atomic mass is 9.66. The molecule has 0 saturated carbocycles. The molecule has 3 saturated heterocycles. The Bertz CT molecular complexity index is 1680. The van der Waals surface area contributed by atoms with Crippen molar-refractivity contribution in [1.29, 1.82) is 0 Å². The molecule has 0 amide bonds. The zero-order chi connectivity index (χ0) is 26.1. The Balaban J connectivity index is 1.59. The monoisotopic (exact) mass is 523 g/mol. The van der Waals surface area contributed by atoms with Crippen molar-refractivity contribution in [3.8, 4) is 0 Å². The van der Waals surface area contributed by atoms with Gasteiger partial charge in [0.1, 0.15) is 0 Å². The molecule has 0 spiro atoms. The van der Waals surface area contributed by atoms with Crippen LogP contribution in [-0.2, 0) is 31.1 Å². The normalized spacial score (nSPS) is 31.9. The van der Waals surface area contributed by atoms with E-state index >= 15 is 0 Å². The van der Waals surface area contributed by atoms with Crippen LogP contribution >= 0.6 is 7.92 Å². The van der Waals surface area contributed by atoms with Crippen molar-refractivity contribution in [3.05, 3.63) is 174 Å². The second-order valence-corrected chi connectivity index (χ2v) is 13.0. The number of esters is 1. The number of hydrogen-bond donors (Lipinski definition) is 1. The zero-order valence-corrected chi connectivity index (χ0v) is 22.1. The first-order valence-corrected chi connectivity index (χ1v) is 14.7. The highest BCUT2D eigenvalue weighted by Crippen LogP contribution is 3.03. The van der Waals surface area contributed by atoms with Crippen molar-refractivity contribution in [2.75, 3.05) is 0 Å². The molecule has 3 aliphatic heterocycles. The Morgan fingerprint density at radius 1 is 0.487 bits per heavy atom. The molecule has 1 N–H and O–H groups in total. The third-order valence-electron chi connectivity index (χ3n) is 8.90. The largest absolute Gasteiger partial charge is 0.436 e. The minimum atomic E-state index is -1.08. The third kappa shape index (κ3) is 2.49. The first-order chi connectivity index (χ1) is 19.2. The Hall–Kier alpha value is -4.04. The molecule has 8 rings (SSSR count). The van der Waals surface area contributed by atoms with Crippen LogP contribution in [0.15, 0.2) is 152 Å². The molecule has 3 fully saturated rings. The maximum Gasteiger partial charge on any atom is 0.334 e. The third-order valence-corrected chi connectivity index (χ3v) is 12.7. The predicted octanol–water partition coefficient (Wildman–Crippen LogP) is 6.51. The summed E-state index contributed by atoms with van der Waals surface area (Å²) >= 11 is 0. The van der Waals surface area contributed by atoms with Gasteiger partial charge in [0.25, 0.3) is 0 Å². The molecule has 5 unspecified atom stereocenters. The zero-order valence-electron chi connectivity index (χ0n) is 21.2. The van der Waals surface area contributed by atoms with Gasteiger partial charge in [0.15, 0.2) is 5.54 Å². The summed E-state index contributed by atoms with van der Waals surface area (Å²) in [7, 11) is -1.00. The first-order valence-electron chi connectivity index (χ1n) is 13.3. The van der Waals surface area contributed by atoms with Crippen LogP contribution in [0.25, 0.3) is 0 Å². The highest BCUT2D eigenvalue weighted by atomic mass is 31.1. The van der Waals surface area contributed by atoms with Gasteiger partial charge in [-0.3, -0.25) is 5.32 Å². The average molecular weight is 524 g/mol. The summed E-state index contributed by atoms with van der Waals surface area (Å²) in [5.41, 5.74) is 2.12. The van der Waals surface area contributed by atoms with Crippen molar-refractivity contribution in [2.24, 2.45) is 0 Å². The van der Waals surface area contributed by atoms with Crippen LogP contribution in [0.4, 0.5) is 0 Å². The Labute approximate surface area is 229 Å². The second kappa shape index (κ2) is 7.99. The molecule has 2 bridgehead atoms. The first kappa shape index (κ1) is 22.9. The molecule has 39 heavy (non-hydrogen) atoms. The van der Waals surface area contributed by atoms with Gasteiger partial charge in [0.05, 0.1) is 10.3 Å². The molecule has 3 nitrogen and oxygen atoms in total. The molecule has 5 atom stereocenters. The molecule has 3 heterocycles. The van der Waals surface area contributed by atoms with Gasteiger partial charge < -0.3 is 4.74 Å². The average Bonchev–Trinajstić information content (AvgIpc) is 3.48. The summed E-state index contributed by atoms with van der Waals surface area (Å²) in [6.45, 7) is 0. The summed E-state index contributed by atoms with van der Waals surface area (Å²) in [5.74, 6) is -0.214. The molecule has 188 valence electrons. The van der Waals surface area contributed by atoms with Crippen molar-refractivity contribution >= 4 is 19.2 Å². The predicted molar refractivity (Wildman–Crippen MR) is 155 cm³/mol. The van der Waals surface area contributed by atoms with Gasteiger partial charge in [-0.25, -0.2) is 4.79 Å². The van der Waals surface area contributed by atoms with Gasteiger partial charge in [0.2, 0.25) is 5.72 Å². The van der Waals surface area contributed by atoms with Gasteiger partial charge in [-0.2, -0.15) is 0 Å². The number of rotatable bonds is 5. The van der Waals surface area contributed by atoms with Crippen molar-refractivity contribution in [3.63, 3.8) is 0 Å². The number of fused-ring (bicyclic) bond motifs is 5. The van der Waals surface area contributed by atoms with Crippen LogP contribution in [-0.4, -0.2) is 5.97 Å². The van der Waals surface area contributed by atoms with E-state index in [1.54, 1.807) is 0 Å². The number of nitrogens with one attached hydrogen (secondary N) is 1. The molecule has 0 aliphatic carbocycles. The molecular formula is C35H26NO2P. The van der Waals surface area contributed by atoms with Gasteiger partial charge in [-0.15, -0.1) is 0 Å². The van der Waals surface area contributed by atoms with E-state index in [0.717, 1.165) is 16.7 Å². The lowest BCUT2D eigenvalue weighted by Crippen LogP contribution is -2.51. The number of carbonyl (C=O) groups is 1. The lowest BCUT2D eigenvalue weighted by molar-refractivity contribution is -0.162. The van der Waals surface area contributed by atoms with Crippen LogP contribution in [0.1, 0.15) is 22.3 Å². The van der Waals surface area contributed by atoms with E-state index in [0.29, 0.717) is 0 Å².